The van der Waals surface area contributed by atoms with Crippen LogP contribution in [0.1, 0.15) is 178 Å². The maximum atomic E-state index is 2.83. The van der Waals surface area contributed by atoms with Gasteiger partial charge in [-0.15, -0.1) is 11.3 Å². The molecule has 0 bridgehead atoms. The Kier molecular flexibility index (Phi) is 11.0. The zero-order chi connectivity index (χ0) is 50.5. The highest BCUT2D eigenvalue weighted by Gasteiger charge is 2.50. The van der Waals surface area contributed by atoms with Gasteiger partial charge in [0.25, 0.3) is 6.71 Å². The molecular weight excluding hydrogens is 900 g/mol. The van der Waals surface area contributed by atoms with Crippen LogP contribution >= 0.6 is 11.3 Å². The number of allylic oxidation sites excluding steroid dienone is 4. The molecule has 6 aromatic carbocycles. The van der Waals surface area contributed by atoms with Gasteiger partial charge in [0.05, 0.1) is 11.4 Å². The normalized spacial score (nSPS) is 22.3. The van der Waals surface area contributed by atoms with Crippen LogP contribution in [0.15, 0.2) is 145 Å². The van der Waals surface area contributed by atoms with Crippen molar-refractivity contribution in [3.63, 3.8) is 0 Å². The third kappa shape index (κ3) is 7.37. The van der Waals surface area contributed by atoms with Crippen molar-refractivity contribution in [3.8, 4) is 11.1 Å². The zero-order valence-electron chi connectivity index (χ0n) is 45.5. The summed E-state index contributed by atoms with van der Waals surface area (Å²) in [6.45, 7) is 26.8. The van der Waals surface area contributed by atoms with Crippen LogP contribution in [-0.4, -0.2) is 6.71 Å². The van der Waals surface area contributed by atoms with E-state index in [0.29, 0.717) is 35.5 Å². The topological polar surface area (TPSA) is 6.48 Å². The minimum Gasteiger partial charge on any atom is -0.315 e. The summed E-state index contributed by atoms with van der Waals surface area (Å²) in [4.78, 5) is 5.62. The minimum atomic E-state index is -0.0205. The number of rotatable bonds is 6. The lowest BCUT2D eigenvalue weighted by Crippen LogP contribution is -2.55. The van der Waals surface area contributed by atoms with Crippen molar-refractivity contribution in [2.75, 3.05) is 9.80 Å². The molecule has 0 radical (unpaired) electrons. The highest BCUT2D eigenvalue weighted by Crippen LogP contribution is 2.59. The second-order valence-corrected chi connectivity index (χ2v) is 27.3. The van der Waals surface area contributed by atoms with Gasteiger partial charge >= 0.3 is 0 Å². The quantitative estimate of drug-likeness (QED) is 0.153. The molecule has 7 aromatic rings. The molecule has 3 heterocycles. The van der Waals surface area contributed by atoms with Crippen LogP contribution in [0.5, 0.6) is 0 Å². The Morgan fingerprint density at radius 2 is 1.38 bits per heavy atom. The van der Waals surface area contributed by atoms with Gasteiger partial charge in [0.15, 0.2) is 0 Å². The van der Waals surface area contributed by atoms with Crippen LogP contribution in [0.4, 0.5) is 28.4 Å². The Morgan fingerprint density at radius 3 is 2.11 bits per heavy atom. The molecule has 4 heteroatoms. The Hall–Kier alpha value is -5.58. The smallest absolute Gasteiger partial charge is 0.264 e. The van der Waals surface area contributed by atoms with Crippen LogP contribution in [0, 0.1) is 17.8 Å². The number of thiophene rings is 1. The number of nitrogens with zero attached hydrogens (tertiary/aromatic N) is 2. The molecule has 2 aliphatic heterocycles. The summed E-state index contributed by atoms with van der Waals surface area (Å²) in [5.41, 5.74) is 24.3. The summed E-state index contributed by atoms with van der Waals surface area (Å²) >= 11 is 2.09. The van der Waals surface area contributed by atoms with Gasteiger partial charge in [0.2, 0.25) is 0 Å². The van der Waals surface area contributed by atoms with Crippen LogP contribution < -0.4 is 20.0 Å². The van der Waals surface area contributed by atoms with E-state index in [-0.39, 0.29) is 23.0 Å². The first-order chi connectivity index (χ1) is 35.0. The van der Waals surface area contributed by atoms with Gasteiger partial charge in [0, 0.05) is 49.1 Å². The lowest BCUT2D eigenvalue weighted by Gasteiger charge is -2.46. The highest BCUT2D eigenvalue weighted by atomic mass is 32.1. The van der Waals surface area contributed by atoms with E-state index in [4.69, 9.17) is 0 Å². The summed E-state index contributed by atoms with van der Waals surface area (Å²) in [6, 6.07) is 48.9. The molecule has 4 unspecified atom stereocenters. The molecule has 4 atom stereocenters. The van der Waals surface area contributed by atoms with E-state index in [9.17, 15) is 0 Å². The molecule has 2 nitrogen and oxygen atoms in total. The second-order valence-electron chi connectivity index (χ2n) is 26.2. The van der Waals surface area contributed by atoms with Crippen molar-refractivity contribution in [2.45, 2.75) is 155 Å². The van der Waals surface area contributed by atoms with Crippen LogP contribution in [0.25, 0.3) is 21.2 Å². The Balaban J connectivity index is 1.19. The zero-order valence-corrected chi connectivity index (χ0v) is 46.3. The first-order valence-corrected chi connectivity index (χ1v) is 29.0. The summed E-state index contributed by atoms with van der Waals surface area (Å²) in [6.07, 6.45) is 13.8. The molecule has 0 saturated heterocycles. The maximum absolute atomic E-state index is 2.83. The summed E-state index contributed by atoms with van der Waals surface area (Å²) in [7, 11) is 0. The second kappa shape index (κ2) is 17.0. The largest absolute Gasteiger partial charge is 0.315 e. The number of hydrogen-bond donors (Lipinski definition) is 0. The predicted molar refractivity (Wildman–Crippen MR) is 316 cm³/mol. The van der Waals surface area contributed by atoms with Gasteiger partial charge in [-0.05, 0) is 182 Å². The first-order valence-electron chi connectivity index (χ1n) is 28.2. The molecule has 13 rings (SSSR count). The maximum Gasteiger partial charge on any atom is 0.264 e. The van der Waals surface area contributed by atoms with Crippen molar-refractivity contribution >= 4 is 66.8 Å². The molecule has 0 N–H and O–H groups in total. The molecular formula is C69H75BN2S. The van der Waals surface area contributed by atoms with Gasteiger partial charge in [0.1, 0.15) is 0 Å². The van der Waals surface area contributed by atoms with E-state index in [0.717, 1.165) is 6.42 Å². The van der Waals surface area contributed by atoms with Gasteiger partial charge in [-0.25, -0.2) is 0 Å². The first kappa shape index (κ1) is 47.2. The van der Waals surface area contributed by atoms with Gasteiger partial charge < -0.3 is 9.80 Å². The fraction of sp³-hybridized carbons (Fsp3) is 0.391. The lowest BCUT2D eigenvalue weighted by molar-refractivity contribution is 0.308. The fourth-order valence-electron chi connectivity index (χ4n) is 14.8. The predicted octanol–water partition coefficient (Wildman–Crippen LogP) is 18.3. The molecule has 6 aliphatic rings. The molecule has 1 saturated carbocycles. The van der Waals surface area contributed by atoms with E-state index >= 15 is 0 Å². The third-order valence-corrected chi connectivity index (χ3v) is 20.3. The Labute approximate surface area is 441 Å². The molecule has 4 aliphatic carbocycles. The van der Waals surface area contributed by atoms with E-state index in [1.807, 2.05) is 0 Å². The average Bonchev–Trinajstić information content (AvgIpc) is 3.93. The van der Waals surface area contributed by atoms with Crippen molar-refractivity contribution in [1.82, 2.24) is 0 Å². The van der Waals surface area contributed by atoms with Crippen LogP contribution in [0.2, 0.25) is 0 Å². The third-order valence-electron chi connectivity index (χ3n) is 19.1. The number of fused-ring (bicyclic) bond motifs is 9. The summed E-state index contributed by atoms with van der Waals surface area (Å²) in [5.74, 6) is 2.92. The Morgan fingerprint density at radius 1 is 0.685 bits per heavy atom. The fourth-order valence-corrected chi connectivity index (χ4v) is 16.1. The van der Waals surface area contributed by atoms with E-state index in [1.54, 1.807) is 16.7 Å². The van der Waals surface area contributed by atoms with Crippen molar-refractivity contribution in [1.29, 1.82) is 0 Å². The van der Waals surface area contributed by atoms with Crippen molar-refractivity contribution < 1.29 is 0 Å². The van der Waals surface area contributed by atoms with Crippen molar-refractivity contribution in [2.24, 2.45) is 17.8 Å². The molecule has 0 amide bonds. The summed E-state index contributed by atoms with van der Waals surface area (Å²) in [5, 5.41) is 1.41. The number of hydrogen-bond acceptors (Lipinski definition) is 3. The molecule has 1 fully saturated rings. The number of anilines is 5. The highest BCUT2D eigenvalue weighted by molar-refractivity contribution is 7.33. The lowest BCUT2D eigenvalue weighted by atomic mass is 9.35. The minimum absolute atomic E-state index is 0.0205. The van der Waals surface area contributed by atoms with E-state index in [2.05, 4.69) is 231 Å². The van der Waals surface area contributed by atoms with Gasteiger partial charge in [-0.1, -0.05) is 174 Å². The Bertz CT molecular complexity index is 3430. The van der Waals surface area contributed by atoms with Crippen LogP contribution in [0.3, 0.4) is 0 Å². The molecule has 0 spiro atoms. The summed E-state index contributed by atoms with van der Waals surface area (Å²) < 4.78 is 2.91. The molecule has 1 aromatic heterocycles. The van der Waals surface area contributed by atoms with Crippen molar-refractivity contribution in [3.05, 3.63) is 184 Å². The number of benzene rings is 6. The molecule has 73 heavy (non-hydrogen) atoms. The molecule has 370 valence electrons. The van der Waals surface area contributed by atoms with Gasteiger partial charge in [-0.2, -0.15) is 0 Å². The standard InChI is InChI=1S/C69H75BN2S/c1-41(2)44-22-19-23-48(34-44)71-59-35-45(42(3)4)28-30-57(59)70-64-60(71)36-46(63-51-26-17-15-24-49(51)50-25-16-18-27-52(50)63)37-61(64)72(58-31-29-47(67(5,6)7)38-53(58)43-20-13-12-14-21-43)65-54-39-55-56(40-62(54)73-66(65)70)69(10,11)33-32-68(55,8)9/h12-15,17,19-24,26,28-31,34,36-42,45,50,52,63H,16,18,25,27,32-33,35H2,1-11H3. The van der Waals surface area contributed by atoms with Gasteiger partial charge in [-0.3, -0.25) is 0 Å². The average molecular weight is 975 g/mol. The van der Waals surface area contributed by atoms with E-state index in [1.165, 1.54) is 132 Å². The monoisotopic (exact) mass is 975 g/mol. The van der Waals surface area contributed by atoms with E-state index < -0.39 is 0 Å². The SMILES string of the molecule is CC(C)c1cccc(N2C3=C(C=CC(C(C)C)C3)B3c4sc5cc6c(cc5c4N(c4ccc(C(C)(C)C)cc4-c4ccccc4)c4cc(C5c7ccccc7C7CCCCC75)cc2c43)C(C)(C)CCC6(C)C)c1. The van der Waals surface area contributed by atoms with Crippen LogP contribution in [-0.2, 0) is 16.2 Å².